The van der Waals surface area contributed by atoms with Crippen LogP contribution in [0.2, 0.25) is 0 Å². The Labute approximate surface area is 90.3 Å². The van der Waals surface area contributed by atoms with Gasteiger partial charge in [-0.25, -0.2) is 4.79 Å². The van der Waals surface area contributed by atoms with Crippen molar-refractivity contribution in [1.82, 2.24) is 14.9 Å². The molecule has 84 valence electrons. The van der Waals surface area contributed by atoms with Crippen LogP contribution in [0.25, 0.3) is 0 Å². The van der Waals surface area contributed by atoms with E-state index in [1.807, 2.05) is 27.0 Å². The van der Waals surface area contributed by atoms with E-state index in [1.54, 1.807) is 4.57 Å². The van der Waals surface area contributed by atoms with Crippen LogP contribution in [0.4, 0.5) is 0 Å². The third-order valence-electron chi connectivity index (χ3n) is 2.40. The Balaban J connectivity index is 2.65. The molecule has 4 heteroatoms. The van der Waals surface area contributed by atoms with Crippen molar-refractivity contribution in [1.29, 1.82) is 0 Å². The topological polar surface area (TPSA) is 46.9 Å². The lowest BCUT2D eigenvalue weighted by Crippen LogP contribution is -2.26. The van der Waals surface area contributed by atoms with E-state index in [2.05, 4.69) is 10.3 Å². The molecule has 1 N–H and O–H groups in total. The van der Waals surface area contributed by atoms with Crippen molar-refractivity contribution < 1.29 is 0 Å². The van der Waals surface area contributed by atoms with Crippen LogP contribution in [-0.4, -0.2) is 23.1 Å². The van der Waals surface area contributed by atoms with E-state index in [1.165, 1.54) is 0 Å². The molecule has 0 bridgehead atoms. The van der Waals surface area contributed by atoms with E-state index < -0.39 is 0 Å². The molecule has 15 heavy (non-hydrogen) atoms. The Kier molecular flexibility index (Phi) is 4.49. The zero-order valence-electron chi connectivity index (χ0n) is 9.71. The second-order valence-electron chi connectivity index (χ2n) is 3.78. The van der Waals surface area contributed by atoms with Crippen LogP contribution in [0.3, 0.4) is 0 Å². The van der Waals surface area contributed by atoms with Gasteiger partial charge in [0, 0.05) is 17.9 Å². The van der Waals surface area contributed by atoms with Gasteiger partial charge < -0.3 is 5.32 Å². The molecule has 0 saturated heterocycles. The summed E-state index contributed by atoms with van der Waals surface area (Å²) in [7, 11) is 1.94. The van der Waals surface area contributed by atoms with E-state index in [-0.39, 0.29) is 5.69 Å². The summed E-state index contributed by atoms with van der Waals surface area (Å²) in [6, 6.07) is 1.94. The van der Waals surface area contributed by atoms with Gasteiger partial charge in [0.25, 0.3) is 0 Å². The smallest absolute Gasteiger partial charge is 0.320 e. The van der Waals surface area contributed by atoms with Crippen molar-refractivity contribution in [3.63, 3.8) is 0 Å². The highest BCUT2D eigenvalue weighted by Crippen LogP contribution is 1.99. The molecule has 0 saturated carbocycles. The maximum Gasteiger partial charge on any atom is 0.347 e. The quantitative estimate of drug-likeness (QED) is 0.732. The highest BCUT2D eigenvalue weighted by Gasteiger charge is 2.01. The van der Waals surface area contributed by atoms with Crippen molar-refractivity contribution in [2.75, 3.05) is 13.6 Å². The third-order valence-corrected chi connectivity index (χ3v) is 2.40. The van der Waals surface area contributed by atoms with Gasteiger partial charge in [-0.1, -0.05) is 0 Å². The normalized spacial score (nSPS) is 10.6. The number of aromatic nitrogens is 2. The summed E-state index contributed by atoms with van der Waals surface area (Å²) < 4.78 is 1.74. The largest absolute Gasteiger partial charge is 0.347 e. The first-order valence-electron chi connectivity index (χ1n) is 5.35. The Morgan fingerprint density at radius 3 is 2.73 bits per heavy atom. The molecule has 0 amide bonds. The summed E-state index contributed by atoms with van der Waals surface area (Å²) in [4.78, 5) is 15.5. The molecule has 0 aliphatic heterocycles. The number of unbranched alkanes of at least 4 members (excludes halogenated alkanes) is 1. The summed E-state index contributed by atoms with van der Waals surface area (Å²) in [5.74, 6) is 0. The van der Waals surface area contributed by atoms with Crippen LogP contribution in [0.1, 0.15) is 24.2 Å². The number of hydrogen-bond donors (Lipinski definition) is 1. The molecule has 0 atom stereocenters. The lowest BCUT2D eigenvalue weighted by atomic mass is 10.3. The number of hydrogen-bond acceptors (Lipinski definition) is 3. The van der Waals surface area contributed by atoms with E-state index >= 15 is 0 Å². The number of aryl methyl sites for hydroxylation is 2. The average molecular weight is 209 g/mol. The molecule has 0 aliphatic carbocycles. The predicted molar refractivity (Wildman–Crippen MR) is 61.1 cm³/mol. The van der Waals surface area contributed by atoms with Gasteiger partial charge in [-0.2, -0.15) is 4.98 Å². The van der Waals surface area contributed by atoms with Crippen LogP contribution < -0.4 is 11.0 Å². The number of nitrogens with one attached hydrogen (secondary N) is 1. The first-order valence-corrected chi connectivity index (χ1v) is 5.35. The summed E-state index contributed by atoms with van der Waals surface area (Å²) in [6.07, 6.45) is 2.09. The summed E-state index contributed by atoms with van der Waals surface area (Å²) in [5, 5.41) is 3.09. The van der Waals surface area contributed by atoms with Crippen molar-refractivity contribution in [3.05, 3.63) is 27.9 Å². The fourth-order valence-corrected chi connectivity index (χ4v) is 1.62. The van der Waals surface area contributed by atoms with Crippen molar-refractivity contribution >= 4 is 0 Å². The van der Waals surface area contributed by atoms with Crippen LogP contribution in [-0.2, 0) is 6.54 Å². The van der Waals surface area contributed by atoms with E-state index in [9.17, 15) is 4.79 Å². The maximum atomic E-state index is 11.6. The summed E-state index contributed by atoms with van der Waals surface area (Å²) in [6.45, 7) is 5.56. The van der Waals surface area contributed by atoms with E-state index in [0.29, 0.717) is 0 Å². The van der Waals surface area contributed by atoms with Gasteiger partial charge in [0.1, 0.15) is 0 Å². The molecule has 0 unspecified atom stereocenters. The number of nitrogens with zero attached hydrogens (tertiary/aromatic N) is 2. The van der Waals surface area contributed by atoms with Crippen molar-refractivity contribution in [2.45, 2.75) is 33.2 Å². The zero-order valence-corrected chi connectivity index (χ0v) is 9.71. The first-order chi connectivity index (χ1) is 7.15. The van der Waals surface area contributed by atoms with Crippen molar-refractivity contribution in [3.8, 4) is 0 Å². The molecule has 0 radical (unpaired) electrons. The summed E-state index contributed by atoms with van der Waals surface area (Å²) >= 11 is 0. The highest BCUT2D eigenvalue weighted by atomic mass is 16.1. The van der Waals surface area contributed by atoms with Gasteiger partial charge in [-0.15, -0.1) is 0 Å². The minimum atomic E-state index is -0.128. The Morgan fingerprint density at radius 2 is 2.13 bits per heavy atom. The minimum absolute atomic E-state index is 0.128. The SMILES string of the molecule is CNCCCCn1c(C)cc(C)nc1=O. The van der Waals surface area contributed by atoms with E-state index in [0.717, 1.165) is 37.3 Å². The molecule has 1 rings (SSSR count). The molecule has 0 spiro atoms. The molecular weight excluding hydrogens is 190 g/mol. The van der Waals surface area contributed by atoms with Crippen LogP contribution in [0.15, 0.2) is 10.9 Å². The predicted octanol–water partition coefficient (Wildman–Crippen LogP) is 0.860. The monoisotopic (exact) mass is 209 g/mol. The lowest BCUT2D eigenvalue weighted by Gasteiger charge is -2.09. The van der Waals surface area contributed by atoms with Crippen LogP contribution >= 0.6 is 0 Å². The molecular formula is C11H19N3O. The molecule has 0 aromatic carbocycles. The molecule has 1 heterocycles. The summed E-state index contributed by atoms with van der Waals surface area (Å²) in [5.41, 5.74) is 1.66. The highest BCUT2D eigenvalue weighted by molar-refractivity contribution is 5.06. The van der Waals surface area contributed by atoms with Crippen LogP contribution in [0.5, 0.6) is 0 Å². The molecule has 1 aromatic heterocycles. The average Bonchev–Trinajstić information content (AvgIpc) is 2.15. The Hall–Kier alpha value is -1.16. The van der Waals surface area contributed by atoms with Gasteiger partial charge in [-0.3, -0.25) is 4.57 Å². The molecule has 0 fully saturated rings. The third kappa shape index (κ3) is 3.47. The maximum absolute atomic E-state index is 11.6. The zero-order chi connectivity index (χ0) is 11.3. The number of rotatable bonds is 5. The minimum Gasteiger partial charge on any atom is -0.320 e. The molecule has 4 nitrogen and oxygen atoms in total. The van der Waals surface area contributed by atoms with E-state index in [4.69, 9.17) is 0 Å². The van der Waals surface area contributed by atoms with Gasteiger partial charge in [0.05, 0.1) is 0 Å². The molecule has 1 aromatic rings. The molecule has 0 aliphatic rings. The van der Waals surface area contributed by atoms with Gasteiger partial charge in [0.15, 0.2) is 0 Å². The van der Waals surface area contributed by atoms with Gasteiger partial charge in [-0.05, 0) is 46.3 Å². The Bertz CT molecular complexity index is 371. The van der Waals surface area contributed by atoms with Gasteiger partial charge >= 0.3 is 5.69 Å². The second kappa shape index (κ2) is 5.66. The van der Waals surface area contributed by atoms with Gasteiger partial charge in [0.2, 0.25) is 0 Å². The van der Waals surface area contributed by atoms with Crippen LogP contribution in [0, 0.1) is 13.8 Å². The fourth-order valence-electron chi connectivity index (χ4n) is 1.62. The fraction of sp³-hybridized carbons (Fsp3) is 0.636. The lowest BCUT2D eigenvalue weighted by molar-refractivity contribution is 0.557. The first kappa shape index (κ1) is 11.9. The standard InChI is InChI=1S/C11H19N3O/c1-9-8-10(2)14(11(15)13-9)7-5-4-6-12-3/h8,12H,4-7H2,1-3H3. The second-order valence-corrected chi connectivity index (χ2v) is 3.78. The van der Waals surface area contributed by atoms with Crippen molar-refractivity contribution in [2.24, 2.45) is 0 Å². The Morgan fingerprint density at radius 1 is 1.40 bits per heavy atom.